The van der Waals surface area contributed by atoms with Gasteiger partial charge in [0.05, 0.1) is 6.61 Å². The summed E-state index contributed by atoms with van der Waals surface area (Å²) in [7, 11) is 0. The molecule has 0 saturated heterocycles. The van der Waals surface area contributed by atoms with E-state index in [1.807, 2.05) is 0 Å². The first-order valence-electron chi connectivity index (χ1n) is 3.33. The lowest BCUT2D eigenvalue weighted by atomic mass is 10.6. The molecule has 0 aliphatic heterocycles. The van der Waals surface area contributed by atoms with Crippen LogP contribution in [0.2, 0.25) is 0 Å². The third-order valence-corrected chi connectivity index (χ3v) is 0.830. The van der Waals surface area contributed by atoms with Gasteiger partial charge in [-0.1, -0.05) is 6.58 Å². The van der Waals surface area contributed by atoms with Gasteiger partial charge in [-0.05, 0) is 13.0 Å². The fourth-order valence-electron chi connectivity index (χ4n) is 0.368. The fourth-order valence-corrected chi connectivity index (χ4v) is 0.368. The van der Waals surface area contributed by atoms with Gasteiger partial charge in [-0.2, -0.15) is 4.99 Å². The first-order valence-corrected chi connectivity index (χ1v) is 3.33. The zero-order valence-corrected chi connectivity index (χ0v) is 6.74. The molecule has 0 aliphatic carbocycles. The number of rotatable bonds is 3. The van der Waals surface area contributed by atoms with E-state index in [9.17, 15) is 9.59 Å². The molecule has 0 saturated carbocycles. The Kier molecular flexibility index (Phi) is 5.25. The molecule has 0 rings (SSSR count). The Morgan fingerprint density at radius 1 is 1.67 bits per heavy atom. The molecule has 0 atom stereocenters. The van der Waals surface area contributed by atoms with Crippen molar-refractivity contribution in [3.63, 3.8) is 0 Å². The third kappa shape index (κ3) is 5.16. The van der Waals surface area contributed by atoms with Crippen molar-refractivity contribution in [2.75, 3.05) is 6.61 Å². The lowest BCUT2D eigenvalue weighted by Gasteiger charge is -1.93. The van der Waals surface area contributed by atoms with Crippen molar-refractivity contribution in [1.82, 2.24) is 5.32 Å². The molecular weight excluding hydrogens is 160 g/mol. The summed E-state index contributed by atoms with van der Waals surface area (Å²) in [5.74, 6) is -0.428. The molecule has 0 spiro atoms. The monoisotopic (exact) mass is 170 g/mol. The highest BCUT2D eigenvalue weighted by molar-refractivity contribution is 5.96. The molecule has 1 N–H and O–H groups in total. The van der Waals surface area contributed by atoms with Crippen LogP contribution in [0, 0.1) is 0 Å². The predicted octanol–water partition coefficient (Wildman–Crippen LogP) is 0.473. The Bertz CT molecular complexity index is 211. The molecule has 12 heavy (non-hydrogen) atoms. The van der Waals surface area contributed by atoms with E-state index in [0.29, 0.717) is 0 Å². The molecule has 0 aliphatic rings. The van der Waals surface area contributed by atoms with E-state index in [1.54, 1.807) is 6.92 Å². The van der Waals surface area contributed by atoms with E-state index in [2.05, 4.69) is 21.6 Å². The fraction of sp³-hybridized carbons (Fsp3) is 0.286. The van der Waals surface area contributed by atoms with Gasteiger partial charge in [0.25, 0.3) is 0 Å². The summed E-state index contributed by atoms with van der Waals surface area (Å²) in [5.41, 5.74) is 0. The van der Waals surface area contributed by atoms with E-state index in [-0.39, 0.29) is 6.61 Å². The van der Waals surface area contributed by atoms with Crippen LogP contribution in [0.3, 0.4) is 0 Å². The zero-order valence-electron chi connectivity index (χ0n) is 6.74. The van der Waals surface area contributed by atoms with Crippen LogP contribution in [-0.4, -0.2) is 24.9 Å². The molecule has 0 aromatic carbocycles. The standard InChI is InChI=1S/C7H10N2O3/c1-3-6(10)8-5-9-7(11)12-4-2/h3,5H,1,4H2,2H3,(H,8,9,10,11). The summed E-state index contributed by atoms with van der Waals surface area (Å²) in [5, 5.41) is 2.17. The van der Waals surface area contributed by atoms with Gasteiger partial charge < -0.3 is 10.1 Å². The van der Waals surface area contributed by atoms with Gasteiger partial charge in [0.15, 0.2) is 0 Å². The van der Waals surface area contributed by atoms with E-state index >= 15 is 0 Å². The maximum Gasteiger partial charge on any atom is 0.434 e. The number of carbonyl (C=O) groups is 2. The van der Waals surface area contributed by atoms with Crippen LogP contribution in [-0.2, 0) is 9.53 Å². The predicted molar refractivity (Wildman–Crippen MR) is 43.9 cm³/mol. The molecule has 5 heteroatoms. The average molecular weight is 170 g/mol. The van der Waals surface area contributed by atoms with Crippen LogP contribution in [0.15, 0.2) is 17.6 Å². The number of hydrogen-bond acceptors (Lipinski definition) is 3. The first kappa shape index (κ1) is 10.3. The molecular formula is C7H10N2O3. The minimum atomic E-state index is -0.734. The zero-order chi connectivity index (χ0) is 9.40. The average Bonchev–Trinajstić information content (AvgIpc) is 2.04. The Morgan fingerprint density at radius 2 is 2.33 bits per heavy atom. The van der Waals surface area contributed by atoms with Gasteiger partial charge in [0.1, 0.15) is 6.34 Å². The lowest BCUT2D eigenvalue weighted by molar-refractivity contribution is -0.115. The molecule has 0 bridgehead atoms. The van der Waals surface area contributed by atoms with E-state index < -0.39 is 12.0 Å². The number of carbonyl (C=O) groups excluding carboxylic acids is 2. The molecule has 0 fully saturated rings. The highest BCUT2D eigenvalue weighted by Crippen LogP contribution is 1.79. The topological polar surface area (TPSA) is 67.8 Å². The quantitative estimate of drug-likeness (QED) is 0.380. The number of aliphatic imine (C=N–C) groups is 1. The van der Waals surface area contributed by atoms with Crippen LogP contribution in [0.1, 0.15) is 6.92 Å². The molecule has 0 aromatic rings. The normalized spacial score (nSPS) is 9.42. The smallest absolute Gasteiger partial charge is 0.434 e. The van der Waals surface area contributed by atoms with Crippen molar-refractivity contribution >= 4 is 18.3 Å². The summed E-state index contributed by atoms with van der Waals surface area (Å²) >= 11 is 0. The van der Waals surface area contributed by atoms with E-state index in [4.69, 9.17) is 0 Å². The van der Waals surface area contributed by atoms with E-state index in [0.717, 1.165) is 12.4 Å². The summed E-state index contributed by atoms with van der Waals surface area (Å²) in [6, 6.07) is 0. The van der Waals surface area contributed by atoms with Crippen molar-refractivity contribution in [2.45, 2.75) is 6.92 Å². The van der Waals surface area contributed by atoms with Gasteiger partial charge >= 0.3 is 6.09 Å². The van der Waals surface area contributed by atoms with Crippen molar-refractivity contribution in [2.24, 2.45) is 4.99 Å². The molecule has 0 heterocycles. The van der Waals surface area contributed by atoms with E-state index in [1.165, 1.54) is 0 Å². The molecule has 5 nitrogen and oxygen atoms in total. The maximum atomic E-state index is 10.5. The summed E-state index contributed by atoms with van der Waals surface area (Å²) in [6.45, 7) is 5.12. The molecule has 0 radical (unpaired) electrons. The van der Waals surface area contributed by atoms with Crippen LogP contribution < -0.4 is 5.32 Å². The molecule has 0 aromatic heterocycles. The Labute approximate surface area is 70.1 Å². The van der Waals surface area contributed by atoms with Crippen LogP contribution in [0.4, 0.5) is 4.79 Å². The number of nitrogens with one attached hydrogen (secondary N) is 1. The van der Waals surface area contributed by atoms with Crippen molar-refractivity contribution in [3.8, 4) is 0 Å². The second-order valence-electron chi connectivity index (χ2n) is 1.67. The number of ether oxygens (including phenoxy) is 1. The largest absolute Gasteiger partial charge is 0.448 e. The minimum absolute atomic E-state index is 0.256. The van der Waals surface area contributed by atoms with Gasteiger partial charge in [-0.15, -0.1) is 0 Å². The maximum absolute atomic E-state index is 10.5. The van der Waals surface area contributed by atoms with Gasteiger partial charge in [0.2, 0.25) is 5.91 Å². The summed E-state index contributed by atoms with van der Waals surface area (Å²) in [6.07, 6.45) is 1.29. The van der Waals surface area contributed by atoms with Crippen LogP contribution >= 0.6 is 0 Å². The third-order valence-electron chi connectivity index (χ3n) is 0.830. The molecule has 2 amide bonds. The Hall–Kier alpha value is -1.65. The van der Waals surface area contributed by atoms with Crippen LogP contribution in [0.25, 0.3) is 0 Å². The lowest BCUT2D eigenvalue weighted by Crippen LogP contribution is -2.19. The first-order chi connectivity index (χ1) is 5.70. The van der Waals surface area contributed by atoms with Crippen molar-refractivity contribution in [3.05, 3.63) is 12.7 Å². The minimum Gasteiger partial charge on any atom is -0.448 e. The number of hydrogen-bond donors (Lipinski definition) is 1. The second kappa shape index (κ2) is 6.09. The van der Waals surface area contributed by atoms with Crippen LogP contribution in [0.5, 0.6) is 0 Å². The SMILES string of the molecule is C=CC(=O)NC=NC(=O)OCC. The Morgan fingerprint density at radius 3 is 2.83 bits per heavy atom. The molecule has 0 unspecified atom stereocenters. The molecule has 66 valence electrons. The number of nitrogens with zero attached hydrogens (tertiary/aromatic N) is 1. The van der Waals surface area contributed by atoms with Gasteiger partial charge in [-0.3, -0.25) is 4.79 Å². The highest BCUT2D eigenvalue weighted by atomic mass is 16.5. The van der Waals surface area contributed by atoms with Gasteiger partial charge in [-0.25, -0.2) is 4.79 Å². The highest BCUT2D eigenvalue weighted by Gasteiger charge is 1.94. The number of amides is 2. The Balaban J connectivity index is 3.68. The van der Waals surface area contributed by atoms with Gasteiger partial charge in [0, 0.05) is 0 Å². The van der Waals surface area contributed by atoms with Crippen molar-refractivity contribution in [1.29, 1.82) is 0 Å². The van der Waals surface area contributed by atoms with Crippen molar-refractivity contribution < 1.29 is 14.3 Å². The second-order valence-corrected chi connectivity index (χ2v) is 1.67. The summed E-state index contributed by atoms with van der Waals surface area (Å²) in [4.78, 5) is 24.2. The summed E-state index contributed by atoms with van der Waals surface area (Å²) < 4.78 is 4.44.